The van der Waals surface area contributed by atoms with Gasteiger partial charge in [-0.25, -0.2) is 4.79 Å². The first-order chi connectivity index (χ1) is 12.2. The smallest absolute Gasteiger partial charge is 0.359 e. The van der Waals surface area contributed by atoms with E-state index in [1.54, 1.807) is 6.92 Å². The second-order valence-corrected chi connectivity index (χ2v) is 5.63. The van der Waals surface area contributed by atoms with Crippen LogP contribution in [0.15, 0.2) is 54.6 Å². The largest absolute Gasteiger partial charge is 0.461 e. The lowest BCUT2D eigenvalue weighted by Crippen LogP contribution is -2.08. The minimum Gasteiger partial charge on any atom is -0.461 e. The van der Waals surface area contributed by atoms with Crippen LogP contribution in [0.1, 0.15) is 34.2 Å². The Balaban J connectivity index is 1.74. The van der Waals surface area contributed by atoms with E-state index in [-0.39, 0.29) is 0 Å². The average Bonchev–Trinajstić information content (AvgIpc) is 2.99. The summed E-state index contributed by atoms with van der Waals surface area (Å²) in [5.41, 5.74) is 3.14. The van der Waals surface area contributed by atoms with Crippen molar-refractivity contribution < 1.29 is 14.3 Å². The molecule has 25 heavy (non-hydrogen) atoms. The highest BCUT2D eigenvalue weighted by atomic mass is 16.5. The number of esters is 1. The maximum atomic E-state index is 12.0. The number of ether oxygens (including phenoxy) is 2. The minimum absolute atomic E-state index is 0.329. The molecular formula is C20H20N2O3. The Morgan fingerprint density at radius 3 is 2.40 bits per heavy atom. The Morgan fingerprint density at radius 2 is 1.72 bits per heavy atom. The van der Waals surface area contributed by atoms with Crippen LogP contribution in [0.25, 0.3) is 0 Å². The molecule has 128 valence electrons. The average molecular weight is 336 g/mol. The number of hydrogen-bond donors (Lipinski definition) is 1. The molecule has 0 saturated heterocycles. The van der Waals surface area contributed by atoms with E-state index in [0.29, 0.717) is 18.7 Å². The molecule has 0 atom stereocenters. The van der Waals surface area contributed by atoms with Crippen LogP contribution in [0.2, 0.25) is 0 Å². The molecule has 0 spiro atoms. The summed E-state index contributed by atoms with van der Waals surface area (Å²) in [6.45, 7) is 4.01. The van der Waals surface area contributed by atoms with Gasteiger partial charge >= 0.3 is 5.97 Å². The first-order valence-electron chi connectivity index (χ1n) is 8.20. The van der Waals surface area contributed by atoms with Gasteiger partial charge in [-0.3, -0.25) is 5.10 Å². The van der Waals surface area contributed by atoms with Crippen LogP contribution in [0.4, 0.5) is 0 Å². The highest BCUT2D eigenvalue weighted by Crippen LogP contribution is 2.23. The Hall–Kier alpha value is -3.08. The molecule has 1 N–H and O–H groups in total. The summed E-state index contributed by atoms with van der Waals surface area (Å²) in [6.07, 6.45) is 0.599. The number of H-pyrrole nitrogens is 1. The van der Waals surface area contributed by atoms with E-state index in [1.807, 2.05) is 61.5 Å². The lowest BCUT2D eigenvalue weighted by atomic mass is 10.0. The van der Waals surface area contributed by atoms with E-state index in [0.717, 1.165) is 28.3 Å². The number of nitrogens with one attached hydrogen (secondary N) is 1. The van der Waals surface area contributed by atoms with Crippen LogP contribution in [0, 0.1) is 6.92 Å². The lowest BCUT2D eigenvalue weighted by molar-refractivity contribution is 0.0518. The fourth-order valence-electron chi connectivity index (χ4n) is 2.54. The third-order valence-corrected chi connectivity index (χ3v) is 3.83. The van der Waals surface area contributed by atoms with Crippen LogP contribution in [-0.2, 0) is 11.2 Å². The standard InChI is InChI=1S/C20H20N2O3/c1-3-24-20(23)19-18(14(2)21-22-19)13-15-9-11-17(12-10-15)25-16-7-5-4-6-8-16/h4-12H,3,13H2,1-2H3,(H,21,22). The highest BCUT2D eigenvalue weighted by molar-refractivity contribution is 5.89. The van der Waals surface area contributed by atoms with Gasteiger partial charge in [0, 0.05) is 17.7 Å². The third kappa shape index (κ3) is 4.07. The summed E-state index contributed by atoms with van der Waals surface area (Å²) in [5.74, 6) is 1.17. The molecule has 0 aliphatic carbocycles. The maximum absolute atomic E-state index is 12.0. The summed E-state index contributed by atoms with van der Waals surface area (Å²) < 4.78 is 10.9. The van der Waals surface area contributed by atoms with Gasteiger partial charge in [0.05, 0.1) is 6.61 Å². The minimum atomic E-state index is -0.397. The monoisotopic (exact) mass is 336 g/mol. The predicted octanol–water partition coefficient (Wildman–Crippen LogP) is 4.28. The van der Waals surface area contributed by atoms with E-state index >= 15 is 0 Å². The number of aromatic nitrogens is 2. The first kappa shape index (κ1) is 16.8. The van der Waals surface area contributed by atoms with Gasteiger partial charge in [-0.15, -0.1) is 0 Å². The summed E-state index contributed by atoms with van der Waals surface area (Å²) in [7, 11) is 0. The molecule has 5 nitrogen and oxygen atoms in total. The van der Waals surface area contributed by atoms with Crippen molar-refractivity contribution in [1.29, 1.82) is 0 Å². The van der Waals surface area contributed by atoms with Gasteiger partial charge in [0.1, 0.15) is 11.5 Å². The van der Waals surface area contributed by atoms with E-state index in [1.165, 1.54) is 0 Å². The number of para-hydroxylation sites is 1. The molecule has 0 unspecified atom stereocenters. The predicted molar refractivity (Wildman–Crippen MR) is 95.0 cm³/mol. The fraction of sp³-hybridized carbons (Fsp3) is 0.200. The zero-order valence-corrected chi connectivity index (χ0v) is 14.3. The molecule has 0 radical (unpaired) electrons. The Labute approximate surface area is 146 Å². The SMILES string of the molecule is CCOC(=O)c1n[nH]c(C)c1Cc1ccc(Oc2ccccc2)cc1. The summed E-state index contributed by atoms with van der Waals surface area (Å²) >= 11 is 0. The first-order valence-corrected chi connectivity index (χ1v) is 8.20. The van der Waals surface area contributed by atoms with Crippen LogP contribution in [0.3, 0.4) is 0 Å². The Bertz CT molecular complexity index is 839. The van der Waals surface area contributed by atoms with Gasteiger partial charge < -0.3 is 9.47 Å². The van der Waals surface area contributed by atoms with E-state index in [9.17, 15) is 4.79 Å². The maximum Gasteiger partial charge on any atom is 0.359 e. The molecular weight excluding hydrogens is 316 g/mol. The van der Waals surface area contributed by atoms with Crippen molar-refractivity contribution in [1.82, 2.24) is 10.2 Å². The summed E-state index contributed by atoms with van der Waals surface area (Å²) in [6, 6.07) is 17.4. The van der Waals surface area contributed by atoms with E-state index in [2.05, 4.69) is 10.2 Å². The second-order valence-electron chi connectivity index (χ2n) is 5.63. The number of aryl methyl sites for hydroxylation is 1. The Morgan fingerprint density at radius 1 is 1.04 bits per heavy atom. The molecule has 1 heterocycles. The lowest BCUT2D eigenvalue weighted by Gasteiger charge is -2.07. The van der Waals surface area contributed by atoms with Crippen LogP contribution >= 0.6 is 0 Å². The number of nitrogens with zero attached hydrogens (tertiary/aromatic N) is 1. The van der Waals surface area contributed by atoms with Crippen molar-refractivity contribution in [2.75, 3.05) is 6.61 Å². The number of benzene rings is 2. The van der Waals surface area contributed by atoms with Gasteiger partial charge in [-0.1, -0.05) is 30.3 Å². The molecule has 3 aromatic rings. The number of hydrogen-bond acceptors (Lipinski definition) is 4. The van der Waals surface area contributed by atoms with E-state index in [4.69, 9.17) is 9.47 Å². The van der Waals surface area contributed by atoms with Crippen molar-refractivity contribution in [2.24, 2.45) is 0 Å². The molecule has 0 aliphatic heterocycles. The van der Waals surface area contributed by atoms with Crippen LogP contribution in [-0.4, -0.2) is 22.8 Å². The third-order valence-electron chi connectivity index (χ3n) is 3.83. The van der Waals surface area contributed by atoms with Crippen molar-refractivity contribution >= 4 is 5.97 Å². The van der Waals surface area contributed by atoms with Gasteiger partial charge in [0.2, 0.25) is 0 Å². The molecule has 0 fully saturated rings. The molecule has 0 aliphatic rings. The topological polar surface area (TPSA) is 64.2 Å². The number of carbonyl (C=O) groups excluding carboxylic acids is 1. The van der Waals surface area contributed by atoms with Gasteiger partial charge in [-0.05, 0) is 43.7 Å². The second kappa shape index (κ2) is 7.66. The molecule has 2 aromatic carbocycles. The van der Waals surface area contributed by atoms with Gasteiger partial charge in [0.15, 0.2) is 5.69 Å². The zero-order chi connectivity index (χ0) is 17.6. The van der Waals surface area contributed by atoms with Crippen molar-refractivity contribution in [3.63, 3.8) is 0 Å². The van der Waals surface area contributed by atoms with Crippen LogP contribution < -0.4 is 4.74 Å². The van der Waals surface area contributed by atoms with Gasteiger partial charge in [-0.2, -0.15) is 5.10 Å². The molecule has 0 saturated carbocycles. The molecule has 0 amide bonds. The molecule has 5 heteroatoms. The highest BCUT2D eigenvalue weighted by Gasteiger charge is 2.18. The van der Waals surface area contributed by atoms with Gasteiger partial charge in [0.25, 0.3) is 0 Å². The summed E-state index contributed by atoms with van der Waals surface area (Å²) in [4.78, 5) is 12.0. The molecule has 1 aromatic heterocycles. The number of aromatic amines is 1. The number of carbonyl (C=O) groups is 1. The van der Waals surface area contributed by atoms with Crippen molar-refractivity contribution in [3.05, 3.63) is 77.1 Å². The van der Waals surface area contributed by atoms with Crippen molar-refractivity contribution in [3.8, 4) is 11.5 Å². The van der Waals surface area contributed by atoms with E-state index < -0.39 is 5.97 Å². The molecule has 3 rings (SSSR count). The van der Waals surface area contributed by atoms with Crippen molar-refractivity contribution in [2.45, 2.75) is 20.3 Å². The number of rotatable bonds is 6. The molecule has 0 bridgehead atoms. The zero-order valence-electron chi connectivity index (χ0n) is 14.3. The quantitative estimate of drug-likeness (QED) is 0.683. The Kier molecular flexibility index (Phi) is 5.14. The summed E-state index contributed by atoms with van der Waals surface area (Å²) in [5, 5.41) is 6.94. The van der Waals surface area contributed by atoms with Crippen LogP contribution in [0.5, 0.6) is 11.5 Å². The fourth-order valence-corrected chi connectivity index (χ4v) is 2.54. The normalized spacial score (nSPS) is 10.5.